The average Bonchev–Trinajstić information content (AvgIpc) is 3.97. The molecule has 3 aromatic rings. The molecule has 1 fully saturated rings. The van der Waals surface area contributed by atoms with Gasteiger partial charge in [0.2, 0.25) is 0 Å². The van der Waals surface area contributed by atoms with Crippen molar-refractivity contribution in [2.24, 2.45) is 11.8 Å². The van der Waals surface area contributed by atoms with Crippen LogP contribution in [0.5, 0.6) is 11.5 Å². The second-order valence-corrected chi connectivity index (χ2v) is 19.3. The van der Waals surface area contributed by atoms with E-state index in [-0.39, 0.29) is 46.6 Å². The number of unbranched alkanes of at least 4 members (excludes halogenated alkanes) is 2. The van der Waals surface area contributed by atoms with Crippen molar-refractivity contribution in [1.82, 2.24) is 10.0 Å². The maximum Gasteiger partial charge on any atom is 0.350 e. The van der Waals surface area contributed by atoms with Crippen LogP contribution in [0.15, 0.2) is 113 Å². The highest BCUT2D eigenvalue weighted by Crippen LogP contribution is 2.69. The molecule has 0 aromatic heterocycles. The predicted octanol–water partition coefficient (Wildman–Crippen LogP) is 11.0. The topological polar surface area (TPSA) is 143 Å². The quantitative estimate of drug-likeness (QED) is 0.0281. The number of hydrazine groups is 1. The number of carbonyl (C=O) groups is 5. The lowest BCUT2D eigenvalue weighted by Crippen LogP contribution is -2.39. The van der Waals surface area contributed by atoms with E-state index in [1.54, 1.807) is 0 Å². The Morgan fingerprint density at radius 2 is 1.15 bits per heavy atom. The molecule has 324 valence electrons. The first-order chi connectivity index (χ1) is 30.1. The third kappa shape index (κ3) is 10.3. The number of esters is 3. The Bertz CT molecular complexity index is 2190. The van der Waals surface area contributed by atoms with Crippen molar-refractivity contribution in [3.8, 4) is 17.6 Å². The summed E-state index contributed by atoms with van der Waals surface area (Å²) in [5, 5.41) is 13.1. The number of nitriles is 1. The van der Waals surface area contributed by atoms with Crippen LogP contribution >= 0.6 is 47.0 Å². The van der Waals surface area contributed by atoms with Crippen LogP contribution in [-0.4, -0.2) is 46.3 Å². The Hall–Kier alpha value is -4.88. The highest BCUT2D eigenvalue weighted by molar-refractivity contribution is 8.26. The molecular formula is C47H49N3O8S4. The van der Waals surface area contributed by atoms with E-state index in [2.05, 4.69) is 6.58 Å². The van der Waals surface area contributed by atoms with Crippen molar-refractivity contribution >= 4 is 76.8 Å². The second kappa shape index (κ2) is 22.0. The highest BCUT2D eigenvalue weighted by Gasteiger charge is 2.47. The van der Waals surface area contributed by atoms with Crippen LogP contribution in [0.25, 0.3) is 0 Å². The van der Waals surface area contributed by atoms with Gasteiger partial charge in [-0.25, -0.2) is 14.8 Å². The molecule has 6 rings (SSSR count). The zero-order valence-electron chi connectivity index (χ0n) is 35.2. The van der Waals surface area contributed by atoms with E-state index in [1.807, 2.05) is 94.4 Å². The number of fused-ring (bicyclic) bond motifs is 2. The van der Waals surface area contributed by atoms with Crippen LogP contribution < -0.4 is 9.47 Å². The minimum absolute atomic E-state index is 0.0563. The number of hydrogen-bond donors (Lipinski definition) is 0. The Morgan fingerprint density at radius 1 is 0.710 bits per heavy atom. The van der Waals surface area contributed by atoms with Crippen molar-refractivity contribution < 1.29 is 38.2 Å². The van der Waals surface area contributed by atoms with E-state index in [9.17, 15) is 29.2 Å². The number of benzene rings is 3. The summed E-state index contributed by atoms with van der Waals surface area (Å²) in [6.45, 7) is 11.7. The Labute approximate surface area is 380 Å². The number of amides is 2. The monoisotopic (exact) mass is 911 g/mol. The minimum atomic E-state index is -0.856. The van der Waals surface area contributed by atoms with Gasteiger partial charge in [-0.2, -0.15) is 5.26 Å². The van der Waals surface area contributed by atoms with Crippen molar-refractivity contribution in [1.29, 1.82) is 5.26 Å². The third-order valence-electron chi connectivity index (χ3n) is 10.5. The molecule has 0 saturated carbocycles. The number of hydrogen-bond acceptors (Lipinski definition) is 13. The van der Waals surface area contributed by atoms with E-state index >= 15 is 0 Å². The lowest BCUT2D eigenvalue weighted by atomic mass is 10.00. The van der Waals surface area contributed by atoms with Crippen molar-refractivity contribution in [3.05, 3.63) is 104 Å². The summed E-state index contributed by atoms with van der Waals surface area (Å²) in [4.78, 5) is 72.1. The van der Waals surface area contributed by atoms with Gasteiger partial charge in [0.15, 0.2) is 17.1 Å². The summed E-state index contributed by atoms with van der Waals surface area (Å²) in [6, 6.07) is 20.8. The van der Waals surface area contributed by atoms with Gasteiger partial charge >= 0.3 is 17.9 Å². The lowest BCUT2D eigenvalue weighted by Gasteiger charge is -2.27. The summed E-state index contributed by atoms with van der Waals surface area (Å²) < 4.78 is 18.6. The second-order valence-electron chi connectivity index (χ2n) is 14.7. The molecule has 3 heterocycles. The fraction of sp³-hybridized carbons (Fsp3) is 0.362. The Kier molecular flexibility index (Phi) is 16.5. The summed E-state index contributed by atoms with van der Waals surface area (Å²) in [7, 11) is 0. The van der Waals surface area contributed by atoms with E-state index in [1.165, 1.54) is 16.1 Å². The number of thioether (sulfide) groups is 4. The summed E-state index contributed by atoms with van der Waals surface area (Å²) in [6.07, 6.45) is 7.08. The molecule has 3 aliphatic rings. The molecule has 0 bridgehead atoms. The molecule has 2 atom stereocenters. The van der Waals surface area contributed by atoms with Crippen molar-refractivity contribution in [3.63, 3.8) is 0 Å². The summed E-state index contributed by atoms with van der Waals surface area (Å²) in [5.41, 5.74) is 1.34. The maximum absolute atomic E-state index is 14.6. The fourth-order valence-electron chi connectivity index (χ4n) is 6.99. The molecule has 0 aliphatic carbocycles. The first-order valence-corrected chi connectivity index (χ1v) is 24.1. The first kappa shape index (κ1) is 46.6. The van der Waals surface area contributed by atoms with Crippen LogP contribution in [0.4, 0.5) is 0 Å². The summed E-state index contributed by atoms with van der Waals surface area (Å²) >= 11 is 4.30. The predicted molar refractivity (Wildman–Crippen MR) is 243 cm³/mol. The smallest absolute Gasteiger partial charge is 0.350 e. The molecule has 0 N–H and O–H groups in total. The van der Waals surface area contributed by atoms with Gasteiger partial charge in [-0.1, -0.05) is 174 Å². The molecule has 11 nitrogen and oxygen atoms in total. The molecular weight excluding hydrogens is 863 g/mol. The summed E-state index contributed by atoms with van der Waals surface area (Å²) in [5.74, 6) is -3.33. The number of rotatable bonds is 19. The van der Waals surface area contributed by atoms with Gasteiger partial charge in [0.1, 0.15) is 18.2 Å². The SMILES string of the molecule is C=CCOC(=O)C(C#N)=C1Sc2c(OC(=O)C(CC)CCCC)c3c(c(OC(=O)C(CC)CCCC)c2S1)SC(=C1C(=O)N(Cc2ccccc2)N(Cc2ccccc2)C1=O)S3. The van der Waals surface area contributed by atoms with E-state index in [4.69, 9.17) is 14.2 Å². The third-order valence-corrected chi connectivity index (χ3v) is 15.7. The largest absolute Gasteiger partial charge is 0.457 e. The zero-order chi connectivity index (χ0) is 44.3. The molecule has 15 heteroatoms. The van der Waals surface area contributed by atoms with Crippen LogP contribution in [0.1, 0.15) is 90.2 Å². The van der Waals surface area contributed by atoms with Crippen LogP contribution in [0, 0.1) is 23.2 Å². The maximum atomic E-state index is 14.6. The molecule has 3 aromatic carbocycles. The molecule has 0 radical (unpaired) electrons. The van der Waals surface area contributed by atoms with Gasteiger partial charge in [0.25, 0.3) is 11.8 Å². The average molecular weight is 912 g/mol. The van der Waals surface area contributed by atoms with Crippen molar-refractivity contribution in [2.45, 2.75) is 112 Å². The number of carbonyl (C=O) groups excluding carboxylic acids is 5. The highest BCUT2D eigenvalue weighted by atomic mass is 32.2. The van der Waals surface area contributed by atoms with Gasteiger partial charge in [0.05, 0.1) is 53.0 Å². The fourth-order valence-corrected chi connectivity index (χ4v) is 12.4. The van der Waals surface area contributed by atoms with Crippen molar-refractivity contribution in [2.75, 3.05) is 6.61 Å². The lowest BCUT2D eigenvalue weighted by molar-refractivity contribution is -0.149. The van der Waals surface area contributed by atoms with E-state index in [0.29, 0.717) is 49.5 Å². The Balaban J connectivity index is 1.53. The molecule has 62 heavy (non-hydrogen) atoms. The van der Waals surface area contributed by atoms with E-state index < -0.39 is 41.6 Å². The normalized spacial score (nSPS) is 15.2. The molecule has 3 aliphatic heterocycles. The van der Waals surface area contributed by atoms with Gasteiger partial charge in [-0.3, -0.25) is 19.2 Å². The Morgan fingerprint density at radius 3 is 1.53 bits per heavy atom. The molecule has 2 unspecified atom stereocenters. The number of ether oxygens (including phenoxy) is 3. The zero-order valence-corrected chi connectivity index (χ0v) is 38.5. The van der Waals surface area contributed by atoms with Gasteiger partial charge in [-0.15, -0.1) is 0 Å². The molecule has 0 spiro atoms. The molecule has 1 saturated heterocycles. The standard InChI is InChI=1S/C47H49N3O8S4/c1-6-11-23-31(9-4)43(53)57-35-37-38(60-46(59-37)33(26-48)45(55)56-25-8-3)36(58-44(54)32(10-5)24-12-7-2)40-39(35)61-47(62-40)34-41(51)49(27-29-19-15-13-16-20-29)50(42(34)52)28-30-21-17-14-18-22-30/h8,13-22,31-32H,3,6-7,9-12,23-25,27-28H2,1-2,4-5H3. The molecule has 2 amide bonds. The number of nitrogens with zero attached hydrogens (tertiary/aromatic N) is 3. The van der Waals surface area contributed by atoms with Crippen LogP contribution in [-0.2, 0) is 41.8 Å². The van der Waals surface area contributed by atoms with E-state index in [0.717, 1.165) is 83.9 Å². The van der Waals surface area contributed by atoms with Gasteiger partial charge < -0.3 is 14.2 Å². The minimum Gasteiger partial charge on any atom is -0.457 e. The van der Waals surface area contributed by atoms with Crippen LogP contribution in [0.2, 0.25) is 0 Å². The first-order valence-electron chi connectivity index (χ1n) is 20.8. The van der Waals surface area contributed by atoms with Gasteiger partial charge in [-0.05, 0) is 36.8 Å². The van der Waals surface area contributed by atoms with Crippen LogP contribution in [0.3, 0.4) is 0 Å². The van der Waals surface area contributed by atoms with Gasteiger partial charge in [0, 0.05) is 0 Å².